The summed E-state index contributed by atoms with van der Waals surface area (Å²) in [5.74, 6) is -0.984. The third-order valence-electron chi connectivity index (χ3n) is 13.6. The van der Waals surface area contributed by atoms with Crippen LogP contribution in [0.2, 0.25) is 36.3 Å². The van der Waals surface area contributed by atoms with Crippen molar-refractivity contribution in [2.24, 2.45) is 5.92 Å². The molecule has 0 bridgehead atoms. The van der Waals surface area contributed by atoms with E-state index in [0.717, 1.165) is 57.9 Å². The minimum Gasteiger partial charge on any atom is -0.544 e. The van der Waals surface area contributed by atoms with Crippen LogP contribution in [0, 0.1) is 16.0 Å². The van der Waals surface area contributed by atoms with Crippen LogP contribution < -0.4 is 20.3 Å². The van der Waals surface area contributed by atoms with Crippen molar-refractivity contribution in [1.29, 1.82) is 0 Å². The predicted molar refractivity (Wildman–Crippen MR) is 268 cm³/mol. The maximum Gasteiger partial charge on any atom is 0.356 e. The molecule has 5 aromatic rings. The van der Waals surface area contributed by atoms with Gasteiger partial charge in [0.1, 0.15) is 17.8 Å². The van der Waals surface area contributed by atoms with Crippen LogP contribution in [-0.2, 0) is 25.4 Å². The largest absolute Gasteiger partial charge is 0.544 e. The fraction of sp³-hybridized carbons (Fsp3) is 0.346. The smallest absolute Gasteiger partial charge is 0.356 e. The van der Waals surface area contributed by atoms with Gasteiger partial charge in [0, 0.05) is 37.6 Å². The zero-order valence-electron chi connectivity index (χ0n) is 38.6. The van der Waals surface area contributed by atoms with Gasteiger partial charge in [-0.05, 0) is 101 Å². The van der Waals surface area contributed by atoms with Gasteiger partial charge in [0.15, 0.2) is 14.1 Å². The number of hydrogen-bond acceptors (Lipinski definition) is 8. The minimum atomic E-state index is -3.29. The number of carbonyl (C=O) groups excluding carboxylic acids is 3. The van der Waals surface area contributed by atoms with Gasteiger partial charge in [-0.2, -0.15) is 0 Å². The van der Waals surface area contributed by atoms with E-state index < -0.39 is 46.4 Å². The van der Waals surface area contributed by atoms with Gasteiger partial charge < -0.3 is 18.5 Å². The molecule has 1 heterocycles. The Morgan fingerprint density at radius 3 is 1.58 bits per heavy atom. The number of likely N-dealkylation sites (tertiary alicyclic amines) is 1. The molecule has 1 amide bonds. The van der Waals surface area contributed by atoms with Crippen molar-refractivity contribution in [1.82, 2.24) is 4.90 Å². The van der Waals surface area contributed by atoms with Crippen molar-refractivity contribution in [3.8, 4) is 5.75 Å². The Hall–Kier alpha value is -5.40. The predicted octanol–water partition coefficient (Wildman–Crippen LogP) is 10.7. The highest BCUT2D eigenvalue weighted by molar-refractivity contribution is 7.96. The second-order valence-electron chi connectivity index (χ2n) is 16.8. The first-order valence-corrected chi connectivity index (χ1v) is 29.9. The molecular formula is C52H63N2O8PSi2. The quantitative estimate of drug-likeness (QED) is 0.0121. The van der Waals surface area contributed by atoms with Crippen molar-refractivity contribution in [3.05, 3.63) is 161 Å². The second kappa shape index (κ2) is 22.2. The van der Waals surface area contributed by atoms with Gasteiger partial charge >= 0.3 is 5.97 Å². The molecule has 13 heteroatoms. The summed E-state index contributed by atoms with van der Waals surface area (Å²) in [6.07, 6.45) is 0.356. The number of ketones is 1. The number of nitro groups is 1. The number of β-lactam (4-membered cyclic amide) rings is 1. The second-order valence-corrected chi connectivity index (χ2v) is 29.5. The van der Waals surface area contributed by atoms with Gasteiger partial charge in [0.25, 0.3) is 5.69 Å². The lowest BCUT2D eigenvalue weighted by Crippen LogP contribution is -2.66. The van der Waals surface area contributed by atoms with Crippen LogP contribution in [0.5, 0.6) is 5.75 Å². The van der Waals surface area contributed by atoms with Gasteiger partial charge in [0.2, 0.25) is 14.2 Å². The molecule has 0 saturated carbocycles. The maximum absolute atomic E-state index is 15.5. The lowest BCUT2D eigenvalue weighted by molar-refractivity contribution is -0.384. The molecule has 10 nitrogen and oxygen atoms in total. The first-order chi connectivity index (χ1) is 31.4. The molecule has 1 saturated heterocycles. The van der Waals surface area contributed by atoms with Crippen molar-refractivity contribution in [2.45, 2.75) is 103 Å². The zero-order valence-corrected chi connectivity index (χ0v) is 41.5. The highest BCUT2D eigenvalue weighted by Gasteiger charge is 2.54. The third-order valence-corrected chi connectivity index (χ3v) is 27.1. The van der Waals surface area contributed by atoms with Gasteiger partial charge in [-0.25, -0.2) is 4.79 Å². The van der Waals surface area contributed by atoms with Crippen LogP contribution in [-0.4, -0.2) is 62.2 Å². The average Bonchev–Trinajstić information content (AvgIpc) is 3.36. The standard InChI is InChI=1S/C52H63N2O8PSi2/c1-7-64(8-2,9-3)61-37-36-47-48(38-49(55)41-30-34-43(35-31-41)62-65(10-4,11-5)12-6)53(50(47)56)51(52(57)60-39-40-28-32-42(33-29-40)54(58)59)63(44-22-16-13-17-23-44,45-24-18-14-19-25-45)46-26-20-15-21-27-46/h13-35,47-48H,7-12,36-39H2,1-6H3/t47-,48+/m0/s1. The molecule has 0 aromatic heterocycles. The van der Waals surface area contributed by atoms with Crippen molar-refractivity contribution >= 4 is 68.2 Å². The summed E-state index contributed by atoms with van der Waals surface area (Å²) in [6, 6.07) is 47.7. The number of esters is 1. The summed E-state index contributed by atoms with van der Waals surface area (Å²) in [5, 5.41) is 13.9. The van der Waals surface area contributed by atoms with Crippen molar-refractivity contribution in [2.75, 3.05) is 6.61 Å². The number of amides is 1. The molecule has 0 spiro atoms. The number of benzene rings is 5. The van der Waals surface area contributed by atoms with Crippen LogP contribution in [0.3, 0.4) is 0 Å². The Kier molecular flexibility index (Phi) is 16.7. The fourth-order valence-electron chi connectivity index (χ4n) is 9.20. The van der Waals surface area contributed by atoms with E-state index in [9.17, 15) is 14.9 Å². The molecule has 1 aliphatic rings. The molecule has 0 aliphatic carbocycles. The van der Waals surface area contributed by atoms with Crippen LogP contribution in [0.4, 0.5) is 5.69 Å². The molecule has 5 aromatic carbocycles. The Bertz CT molecular complexity index is 2320. The molecule has 65 heavy (non-hydrogen) atoms. The van der Waals surface area contributed by atoms with Crippen molar-refractivity contribution in [3.63, 3.8) is 0 Å². The number of non-ortho nitro benzene ring substituents is 1. The van der Waals surface area contributed by atoms with E-state index in [-0.39, 0.29) is 35.8 Å². The number of ether oxygens (including phenoxy) is 1. The zero-order chi connectivity index (χ0) is 46.6. The molecule has 6 rings (SSSR count). The van der Waals surface area contributed by atoms with E-state index >= 15 is 9.59 Å². The Morgan fingerprint density at radius 1 is 0.662 bits per heavy atom. The van der Waals surface area contributed by atoms with Crippen LogP contribution >= 0.6 is 6.89 Å². The Balaban J connectivity index is 1.53. The summed E-state index contributed by atoms with van der Waals surface area (Å²) in [7, 11) is -3.97. The number of rotatable bonds is 23. The van der Waals surface area contributed by atoms with Gasteiger partial charge in [-0.3, -0.25) is 19.7 Å². The van der Waals surface area contributed by atoms with Crippen LogP contribution in [0.25, 0.3) is 0 Å². The van der Waals surface area contributed by atoms with E-state index in [4.69, 9.17) is 13.6 Å². The monoisotopic (exact) mass is 930 g/mol. The Morgan fingerprint density at radius 2 is 1.14 bits per heavy atom. The molecule has 0 N–H and O–H groups in total. The minimum absolute atomic E-state index is 0.0381. The van der Waals surface area contributed by atoms with E-state index in [1.165, 1.54) is 12.1 Å². The number of Topliss-reactive ketones (excluding diaryl/α,β-unsaturated/α-hetero) is 1. The lowest BCUT2D eigenvalue weighted by Gasteiger charge is -2.50. The fourth-order valence-corrected chi connectivity index (χ4v) is 18.8. The number of hydrogen-bond donors (Lipinski definition) is 0. The molecule has 1 fully saturated rings. The van der Waals surface area contributed by atoms with Crippen LogP contribution in [0.15, 0.2) is 140 Å². The summed E-state index contributed by atoms with van der Waals surface area (Å²) in [4.78, 5) is 58.0. The number of nitro benzene ring substituents is 1. The topological polar surface area (TPSA) is 125 Å². The Labute approximate surface area is 386 Å². The van der Waals surface area contributed by atoms with Gasteiger partial charge in [-0.1, -0.05) is 133 Å². The third kappa shape index (κ3) is 10.5. The molecule has 2 atom stereocenters. The van der Waals surface area contributed by atoms with E-state index in [1.807, 2.05) is 115 Å². The van der Waals surface area contributed by atoms with Crippen LogP contribution in [0.1, 0.15) is 70.3 Å². The first kappa shape index (κ1) is 49.0. The lowest BCUT2D eigenvalue weighted by atomic mass is 9.81. The highest BCUT2D eigenvalue weighted by Crippen LogP contribution is 2.50. The number of nitrogens with zero attached hydrogens (tertiary/aromatic N) is 2. The molecule has 0 radical (unpaired) electrons. The maximum atomic E-state index is 15.5. The first-order valence-electron chi connectivity index (χ1n) is 23.1. The summed E-state index contributed by atoms with van der Waals surface area (Å²) >= 11 is 0. The van der Waals surface area contributed by atoms with Crippen molar-refractivity contribution < 1.29 is 32.9 Å². The normalized spacial score (nSPS) is 15.2. The summed E-state index contributed by atoms with van der Waals surface area (Å²) < 4.78 is 19.6. The molecule has 1 aliphatic heterocycles. The van der Waals surface area contributed by atoms with E-state index in [1.54, 1.807) is 17.0 Å². The summed E-state index contributed by atoms with van der Waals surface area (Å²) in [5.41, 5.74) is 1.13. The van der Waals surface area contributed by atoms with Gasteiger partial charge in [-0.15, -0.1) is 0 Å². The highest BCUT2D eigenvalue weighted by atomic mass is 31.2. The van der Waals surface area contributed by atoms with E-state index in [2.05, 4.69) is 41.5 Å². The van der Waals surface area contributed by atoms with Gasteiger partial charge in [0.05, 0.1) is 16.9 Å². The SMILES string of the molecule is CC[Si](CC)(CC)OCC[C@@H]1C(=O)N(C(C(=O)OCc2ccc([N+](=O)[O-])cc2)=P(c2ccccc2)(c2ccccc2)c2ccccc2)[C@@H]1CC(=O)c1ccc(O[Si](CC)(CC)CC)cc1. The molecule has 0 unspecified atom stereocenters. The molecule has 342 valence electrons. The molecular weight excluding hydrogens is 868 g/mol. The average molecular weight is 931 g/mol. The van der Waals surface area contributed by atoms with E-state index in [0.29, 0.717) is 24.2 Å². The summed E-state index contributed by atoms with van der Waals surface area (Å²) in [6.45, 7) is 9.94. The number of carbonyl (C=O) groups is 3.